The monoisotopic (exact) mass is 304 g/mol. The number of hydrogen-bond donors (Lipinski definition) is 1. The topological polar surface area (TPSA) is 24.9 Å². The molecule has 0 amide bonds. The van der Waals surface area contributed by atoms with E-state index in [4.69, 9.17) is 0 Å². The summed E-state index contributed by atoms with van der Waals surface area (Å²) in [4.78, 5) is 5.03. The number of alkyl halides is 3. The Balaban J connectivity index is 2.49. The molecule has 0 radical (unpaired) electrons. The van der Waals surface area contributed by atoms with Gasteiger partial charge in [0.2, 0.25) is 0 Å². The Kier molecular flexibility index (Phi) is 4.10. The molecule has 1 aromatic heterocycles. The van der Waals surface area contributed by atoms with Crippen molar-refractivity contribution in [2.24, 2.45) is 0 Å². The first-order valence-electron chi connectivity index (χ1n) is 5.81. The van der Waals surface area contributed by atoms with E-state index in [1.165, 1.54) is 11.3 Å². The van der Waals surface area contributed by atoms with Gasteiger partial charge in [-0.05, 0) is 32.2 Å². The summed E-state index contributed by atoms with van der Waals surface area (Å²) < 4.78 is 51.8. The largest absolute Gasteiger partial charge is 0.416 e. The maximum atomic E-state index is 13.8. The smallest absolute Gasteiger partial charge is 0.315 e. The van der Waals surface area contributed by atoms with Crippen LogP contribution < -0.4 is 5.32 Å². The fourth-order valence-corrected chi connectivity index (χ4v) is 2.83. The highest BCUT2D eigenvalue weighted by molar-refractivity contribution is 7.15. The third kappa shape index (κ3) is 2.99. The summed E-state index contributed by atoms with van der Waals surface area (Å²) in [5.41, 5.74) is -0.302. The van der Waals surface area contributed by atoms with Crippen LogP contribution >= 0.6 is 11.3 Å². The van der Waals surface area contributed by atoms with Crippen LogP contribution in [0.2, 0.25) is 0 Å². The summed E-state index contributed by atoms with van der Waals surface area (Å²) in [6, 6.07) is 2.36. The Morgan fingerprint density at radius 2 is 2.00 bits per heavy atom. The van der Waals surface area contributed by atoms with Gasteiger partial charge in [-0.15, -0.1) is 11.3 Å². The van der Waals surface area contributed by atoms with Crippen molar-refractivity contribution in [1.29, 1.82) is 0 Å². The van der Waals surface area contributed by atoms with Crippen LogP contribution in [0.1, 0.15) is 16.1 Å². The van der Waals surface area contributed by atoms with Gasteiger partial charge in [0.05, 0.1) is 11.3 Å². The summed E-state index contributed by atoms with van der Waals surface area (Å²) >= 11 is 1.19. The van der Waals surface area contributed by atoms with Crippen molar-refractivity contribution >= 4 is 11.3 Å². The van der Waals surface area contributed by atoms with Crippen LogP contribution in [0.3, 0.4) is 0 Å². The third-order valence-electron chi connectivity index (χ3n) is 2.75. The minimum absolute atomic E-state index is 0.115. The quantitative estimate of drug-likeness (QED) is 0.867. The van der Waals surface area contributed by atoms with E-state index >= 15 is 0 Å². The summed E-state index contributed by atoms with van der Waals surface area (Å²) in [5.74, 6) is -0.706. The molecule has 0 fully saturated rings. The van der Waals surface area contributed by atoms with Crippen molar-refractivity contribution in [2.75, 3.05) is 7.05 Å². The second kappa shape index (κ2) is 5.49. The lowest BCUT2D eigenvalue weighted by molar-refractivity contribution is -0.137. The number of thiazole rings is 1. The SMILES string of the molecule is CNCc1sc(-c2cc(C(F)(F)F)ccc2F)nc1C. The molecule has 20 heavy (non-hydrogen) atoms. The number of nitrogens with one attached hydrogen (secondary N) is 1. The van der Waals surface area contributed by atoms with Crippen LogP contribution in [-0.2, 0) is 12.7 Å². The number of benzene rings is 1. The molecule has 108 valence electrons. The molecule has 1 aromatic carbocycles. The average Bonchev–Trinajstić information content (AvgIpc) is 2.70. The molecule has 0 aliphatic heterocycles. The van der Waals surface area contributed by atoms with Crippen molar-refractivity contribution in [3.63, 3.8) is 0 Å². The number of aromatic nitrogens is 1. The first kappa shape index (κ1) is 14.9. The van der Waals surface area contributed by atoms with Crippen LogP contribution in [-0.4, -0.2) is 12.0 Å². The van der Waals surface area contributed by atoms with Gasteiger partial charge in [-0.2, -0.15) is 13.2 Å². The van der Waals surface area contributed by atoms with Crippen molar-refractivity contribution < 1.29 is 17.6 Å². The van der Waals surface area contributed by atoms with Crippen LogP contribution in [0, 0.1) is 12.7 Å². The fraction of sp³-hybridized carbons (Fsp3) is 0.308. The molecule has 7 heteroatoms. The third-order valence-corrected chi connectivity index (χ3v) is 3.94. The Bertz CT molecular complexity index is 619. The highest BCUT2D eigenvalue weighted by atomic mass is 32.1. The lowest BCUT2D eigenvalue weighted by atomic mass is 10.1. The molecule has 0 atom stereocenters. The van der Waals surface area contributed by atoms with E-state index in [1.54, 1.807) is 14.0 Å². The Morgan fingerprint density at radius 1 is 1.30 bits per heavy atom. The summed E-state index contributed by atoms with van der Waals surface area (Å²) in [6.07, 6.45) is -4.50. The predicted octanol–water partition coefficient (Wildman–Crippen LogP) is 4.00. The second-order valence-electron chi connectivity index (χ2n) is 4.25. The molecule has 0 saturated heterocycles. The van der Waals surface area contributed by atoms with Gasteiger partial charge in [0, 0.05) is 17.0 Å². The zero-order chi connectivity index (χ0) is 14.9. The van der Waals surface area contributed by atoms with E-state index in [-0.39, 0.29) is 10.6 Å². The van der Waals surface area contributed by atoms with Gasteiger partial charge in [-0.1, -0.05) is 0 Å². The van der Waals surface area contributed by atoms with Gasteiger partial charge in [0.1, 0.15) is 10.8 Å². The fourth-order valence-electron chi connectivity index (χ4n) is 1.73. The van der Waals surface area contributed by atoms with Gasteiger partial charge in [0.25, 0.3) is 0 Å². The van der Waals surface area contributed by atoms with Crippen molar-refractivity contribution in [2.45, 2.75) is 19.6 Å². The maximum absolute atomic E-state index is 13.8. The minimum Gasteiger partial charge on any atom is -0.315 e. The van der Waals surface area contributed by atoms with Crippen molar-refractivity contribution in [3.8, 4) is 10.6 Å². The molecule has 2 rings (SSSR count). The van der Waals surface area contributed by atoms with E-state index in [9.17, 15) is 17.6 Å². The first-order valence-corrected chi connectivity index (χ1v) is 6.62. The van der Waals surface area contributed by atoms with Gasteiger partial charge in [-0.25, -0.2) is 9.37 Å². The zero-order valence-corrected chi connectivity index (χ0v) is 11.6. The number of hydrogen-bond acceptors (Lipinski definition) is 3. The lowest BCUT2D eigenvalue weighted by Gasteiger charge is -2.08. The molecule has 0 aliphatic rings. The van der Waals surface area contributed by atoms with E-state index in [0.717, 1.165) is 23.1 Å². The predicted molar refractivity (Wildman–Crippen MR) is 70.0 cm³/mol. The first-order chi connectivity index (χ1) is 9.32. The van der Waals surface area contributed by atoms with Crippen LogP contribution in [0.25, 0.3) is 10.6 Å². The average molecular weight is 304 g/mol. The summed E-state index contributed by atoms with van der Waals surface area (Å²) in [6.45, 7) is 2.29. The lowest BCUT2D eigenvalue weighted by Crippen LogP contribution is -2.05. The molecule has 1 heterocycles. The number of halogens is 4. The van der Waals surface area contributed by atoms with Crippen LogP contribution in [0.5, 0.6) is 0 Å². The van der Waals surface area contributed by atoms with E-state index < -0.39 is 17.6 Å². The molecule has 2 aromatic rings. The molecule has 0 saturated carbocycles. The Hall–Kier alpha value is -1.47. The van der Waals surface area contributed by atoms with Crippen LogP contribution in [0.4, 0.5) is 17.6 Å². The molecular weight excluding hydrogens is 292 g/mol. The Morgan fingerprint density at radius 3 is 2.60 bits per heavy atom. The van der Waals surface area contributed by atoms with Crippen LogP contribution in [0.15, 0.2) is 18.2 Å². The Labute approximate surface area is 117 Å². The summed E-state index contributed by atoms with van der Waals surface area (Å²) in [5, 5.41) is 3.20. The second-order valence-corrected chi connectivity index (χ2v) is 5.33. The molecule has 0 bridgehead atoms. The molecular formula is C13H12F4N2S. The minimum atomic E-state index is -4.50. The van der Waals surface area contributed by atoms with Crippen molar-refractivity contribution in [1.82, 2.24) is 10.3 Å². The normalized spacial score (nSPS) is 11.9. The van der Waals surface area contributed by atoms with Gasteiger partial charge in [0.15, 0.2) is 0 Å². The maximum Gasteiger partial charge on any atom is 0.416 e. The zero-order valence-electron chi connectivity index (χ0n) is 10.8. The standard InChI is InChI=1S/C13H12F4N2S/c1-7-11(6-18-2)20-12(19-7)9-5-8(13(15,16)17)3-4-10(9)14/h3-5,18H,6H2,1-2H3. The number of nitrogens with zero attached hydrogens (tertiary/aromatic N) is 1. The van der Waals surface area contributed by atoms with E-state index in [1.807, 2.05) is 0 Å². The number of rotatable bonds is 3. The van der Waals surface area contributed by atoms with Gasteiger partial charge < -0.3 is 5.32 Å². The highest BCUT2D eigenvalue weighted by Crippen LogP contribution is 2.35. The number of aryl methyl sites for hydroxylation is 1. The highest BCUT2D eigenvalue weighted by Gasteiger charge is 2.31. The summed E-state index contributed by atoms with van der Waals surface area (Å²) in [7, 11) is 1.75. The van der Waals surface area contributed by atoms with E-state index in [0.29, 0.717) is 12.2 Å². The molecule has 0 unspecified atom stereocenters. The molecule has 0 aliphatic carbocycles. The molecule has 0 spiro atoms. The molecule has 2 nitrogen and oxygen atoms in total. The molecule has 1 N–H and O–H groups in total. The van der Waals surface area contributed by atoms with Crippen molar-refractivity contribution in [3.05, 3.63) is 40.2 Å². The van der Waals surface area contributed by atoms with Gasteiger partial charge >= 0.3 is 6.18 Å². The van der Waals surface area contributed by atoms with E-state index in [2.05, 4.69) is 10.3 Å². The van der Waals surface area contributed by atoms with Gasteiger partial charge in [-0.3, -0.25) is 0 Å².